The lowest BCUT2D eigenvalue weighted by Gasteiger charge is -2.38. The summed E-state index contributed by atoms with van der Waals surface area (Å²) in [6.07, 6.45) is 2.00. The normalized spacial score (nSPS) is 28.3. The Balaban J connectivity index is 1.79. The molecule has 1 N–H and O–H groups in total. The summed E-state index contributed by atoms with van der Waals surface area (Å²) in [5.74, 6) is 1.87. The predicted octanol–water partition coefficient (Wildman–Crippen LogP) is 1.21. The van der Waals surface area contributed by atoms with E-state index in [-0.39, 0.29) is 18.8 Å². The highest BCUT2D eigenvalue weighted by atomic mass is 16.5. The molecule has 0 bridgehead atoms. The molecule has 4 rings (SSSR count). The van der Waals surface area contributed by atoms with E-state index in [1.807, 2.05) is 13.8 Å². The van der Waals surface area contributed by atoms with Crippen molar-refractivity contribution in [2.45, 2.75) is 38.8 Å². The van der Waals surface area contributed by atoms with E-state index < -0.39 is 0 Å². The highest BCUT2D eigenvalue weighted by Crippen LogP contribution is 2.38. The van der Waals surface area contributed by atoms with Crippen LogP contribution in [0.1, 0.15) is 24.4 Å². The van der Waals surface area contributed by atoms with Gasteiger partial charge in [-0.15, -0.1) is 0 Å². The fraction of sp³-hybridized carbons (Fsp3) is 0.667. The maximum absolute atomic E-state index is 9.47. The van der Waals surface area contributed by atoms with Gasteiger partial charge in [-0.3, -0.25) is 0 Å². The number of rotatable bonds is 2. The first kappa shape index (κ1) is 13.9. The lowest BCUT2D eigenvalue weighted by Crippen LogP contribution is -2.49. The zero-order valence-corrected chi connectivity index (χ0v) is 12.8. The van der Waals surface area contributed by atoms with Crippen LogP contribution >= 0.6 is 0 Å². The Labute approximate surface area is 128 Å². The Morgan fingerprint density at radius 2 is 2.14 bits per heavy atom. The molecule has 2 aromatic rings. The van der Waals surface area contributed by atoms with Crippen LogP contribution in [-0.2, 0) is 4.74 Å². The van der Waals surface area contributed by atoms with E-state index in [1.165, 1.54) is 0 Å². The Bertz CT molecular complexity index is 701. The molecule has 0 amide bonds. The van der Waals surface area contributed by atoms with E-state index in [4.69, 9.17) is 9.26 Å². The molecule has 1 aliphatic carbocycles. The van der Waals surface area contributed by atoms with Crippen LogP contribution in [0.15, 0.2) is 4.52 Å². The summed E-state index contributed by atoms with van der Waals surface area (Å²) in [5.41, 5.74) is 1.35. The Hall–Kier alpha value is -1.73. The maximum atomic E-state index is 9.47. The van der Waals surface area contributed by atoms with Gasteiger partial charge in [0.1, 0.15) is 17.0 Å². The summed E-state index contributed by atoms with van der Waals surface area (Å²) in [7, 11) is 0. The summed E-state index contributed by atoms with van der Waals surface area (Å²) in [6.45, 7) is 5.46. The highest BCUT2D eigenvalue weighted by molar-refractivity contribution is 5.88. The highest BCUT2D eigenvalue weighted by Gasteiger charge is 2.42. The summed E-state index contributed by atoms with van der Waals surface area (Å²) >= 11 is 0. The first-order chi connectivity index (χ1) is 10.7. The van der Waals surface area contributed by atoms with Crippen molar-refractivity contribution in [2.75, 3.05) is 24.7 Å². The number of ether oxygens (including phenoxy) is 1. The second kappa shape index (κ2) is 5.17. The van der Waals surface area contributed by atoms with Crippen molar-refractivity contribution < 1.29 is 14.4 Å². The van der Waals surface area contributed by atoms with Gasteiger partial charge in [-0.1, -0.05) is 5.16 Å². The largest absolute Gasteiger partial charge is 0.396 e. The molecule has 0 aromatic carbocycles. The van der Waals surface area contributed by atoms with Gasteiger partial charge in [-0.25, -0.2) is 4.98 Å². The molecule has 0 radical (unpaired) electrons. The predicted molar refractivity (Wildman–Crippen MR) is 79.8 cm³/mol. The third kappa shape index (κ3) is 2.07. The van der Waals surface area contributed by atoms with Crippen LogP contribution in [0.25, 0.3) is 11.1 Å². The first-order valence-corrected chi connectivity index (χ1v) is 7.77. The summed E-state index contributed by atoms with van der Waals surface area (Å²) in [6, 6.07) is 0.248. The van der Waals surface area contributed by atoms with Crippen LogP contribution in [-0.4, -0.2) is 52.1 Å². The number of morpholine rings is 1. The lowest BCUT2D eigenvalue weighted by atomic mass is 10.1. The SMILES string of the molecule is Cc1nc(N2CCOC3C[C@H](CO)C[C@@H]32)c2c(C)noc2n1. The fourth-order valence-corrected chi connectivity index (χ4v) is 3.74. The zero-order valence-electron chi connectivity index (χ0n) is 12.8. The number of nitrogens with zero attached hydrogens (tertiary/aromatic N) is 4. The third-order valence-corrected chi connectivity index (χ3v) is 4.76. The number of aryl methyl sites for hydroxylation is 2. The van der Waals surface area contributed by atoms with Crippen LogP contribution in [0, 0.1) is 19.8 Å². The number of aliphatic hydroxyl groups excluding tert-OH is 1. The van der Waals surface area contributed by atoms with Crippen molar-refractivity contribution in [3.63, 3.8) is 0 Å². The number of fused-ring (bicyclic) bond motifs is 2. The topological polar surface area (TPSA) is 84.5 Å². The van der Waals surface area contributed by atoms with E-state index >= 15 is 0 Å². The molecule has 2 fully saturated rings. The van der Waals surface area contributed by atoms with E-state index in [0.29, 0.717) is 24.1 Å². The van der Waals surface area contributed by atoms with Gasteiger partial charge in [0.15, 0.2) is 0 Å². The molecular weight excluding hydrogens is 284 g/mol. The molecule has 1 unspecified atom stereocenters. The minimum absolute atomic E-state index is 0.163. The Morgan fingerprint density at radius 1 is 1.27 bits per heavy atom. The van der Waals surface area contributed by atoms with Gasteiger partial charge < -0.3 is 19.3 Å². The molecule has 3 heterocycles. The van der Waals surface area contributed by atoms with Crippen molar-refractivity contribution >= 4 is 16.9 Å². The van der Waals surface area contributed by atoms with E-state index in [9.17, 15) is 5.11 Å². The van der Waals surface area contributed by atoms with Gasteiger partial charge in [-0.05, 0) is 32.6 Å². The van der Waals surface area contributed by atoms with E-state index in [0.717, 1.165) is 36.3 Å². The van der Waals surface area contributed by atoms with Crippen molar-refractivity contribution in [1.82, 2.24) is 15.1 Å². The average molecular weight is 304 g/mol. The number of aromatic nitrogens is 3. The molecule has 7 heteroatoms. The molecule has 1 saturated heterocycles. The van der Waals surface area contributed by atoms with Gasteiger partial charge in [0.2, 0.25) is 0 Å². The summed E-state index contributed by atoms with van der Waals surface area (Å²) < 4.78 is 11.2. The van der Waals surface area contributed by atoms with Crippen LogP contribution in [0.2, 0.25) is 0 Å². The molecule has 2 aromatic heterocycles. The number of hydrogen-bond acceptors (Lipinski definition) is 7. The van der Waals surface area contributed by atoms with Gasteiger partial charge >= 0.3 is 0 Å². The van der Waals surface area contributed by atoms with Gasteiger partial charge in [0, 0.05) is 13.2 Å². The van der Waals surface area contributed by atoms with Gasteiger partial charge in [0.05, 0.1) is 24.4 Å². The standard InChI is InChI=1S/C15H20N4O3/c1-8-13-14(16-9(2)17-15(13)22-18-8)19-3-4-21-12-6-10(7-20)5-11(12)19/h10-12,20H,3-7H2,1-2H3/t10-,11+,12?/m1/s1. The third-order valence-electron chi connectivity index (χ3n) is 4.76. The first-order valence-electron chi connectivity index (χ1n) is 7.77. The monoisotopic (exact) mass is 304 g/mol. The molecule has 1 aliphatic heterocycles. The molecule has 2 aliphatic rings. The maximum Gasteiger partial charge on any atom is 0.263 e. The van der Waals surface area contributed by atoms with Crippen LogP contribution in [0.5, 0.6) is 0 Å². The number of hydrogen-bond donors (Lipinski definition) is 1. The quantitative estimate of drug-likeness (QED) is 0.892. The van der Waals surface area contributed by atoms with Crippen molar-refractivity contribution in [1.29, 1.82) is 0 Å². The lowest BCUT2D eigenvalue weighted by molar-refractivity contribution is 0.0229. The molecule has 118 valence electrons. The average Bonchev–Trinajstić information content (AvgIpc) is 3.09. The Kier molecular flexibility index (Phi) is 3.27. The van der Waals surface area contributed by atoms with Crippen LogP contribution < -0.4 is 4.90 Å². The smallest absolute Gasteiger partial charge is 0.263 e. The van der Waals surface area contributed by atoms with Gasteiger partial charge in [0.25, 0.3) is 5.71 Å². The van der Waals surface area contributed by atoms with Crippen molar-refractivity contribution in [3.05, 3.63) is 11.5 Å². The molecule has 22 heavy (non-hydrogen) atoms. The fourth-order valence-electron chi connectivity index (χ4n) is 3.74. The minimum Gasteiger partial charge on any atom is -0.396 e. The Morgan fingerprint density at radius 3 is 2.95 bits per heavy atom. The molecular formula is C15H20N4O3. The van der Waals surface area contributed by atoms with Crippen LogP contribution in [0.3, 0.4) is 0 Å². The van der Waals surface area contributed by atoms with Gasteiger partial charge in [-0.2, -0.15) is 4.98 Å². The molecule has 0 spiro atoms. The van der Waals surface area contributed by atoms with Crippen molar-refractivity contribution in [2.24, 2.45) is 5.92 Å². The summed E-state index contributed by atoms with van der Waals surface area (Å²) in [5, 5.41) is 14.4. The number of aliphatic hydroxyl groups is 1. The van der Waals surface area contributed by atoms with E-state index in [2.05, 4.69) is 20.0 Å². The van der Waals surface area contributed by atoms with Crippen LogP contribution in [0.4, 0.5) is 5.82 Å². The second-order valence-corrected chi connectivity index (χ2v) is 6.23. The minimum atomic E-state index is 0.163. The van der Waals surface area contributed by atoms with E-state index in [1.54, 1.807) is 0 Å². The molecule has 7 nitrogen and oxygen atoms in total. The zero-order chi connectivity index (χ0) is 15.3. The number of anilines is 1. The molecule has 1 saturated carbocycles. The second-order valence-electron chi connectivity index (χ2n) is 6.23. The summed E-state index contributed by atoms with van der Waals surface area (Å²) in [4.78, 5) is 11.3. The van der Waals surface area contributed by atoms with Crippen molar-refractivity contribution in [3.8, 4) is 0 Å². The molecule has 3 atom stereocenters.